The van der Waals surface area contributed by atoms with Crippen LogP contribution in [0, 0.1) is 0 Å². The van der Waals surface area contributed by atoms with Crippen molar-refractivity contribution in [1.29, 1.82) is 0 Å². The Bertz CT molecular complexity index is 1880. The molecule has 0 atom stereocenters. The van der Waals surface area contributed by atoms with Crippen molar-refractivity contribution in [3.05, 3.63) is 74.9 Å². The summed E-state index contributed by atoms with van der Waals surface area (Å²) in [5.74, 6) is -0.419. The van der Waals surface area contributed by atoms with Crippen LogP contribution in [0.2, 0.25) is 0 Å². The van der Waals surface area contributed by atoms with E-state index in [1.165, 1.54) is 0 Å². The number of benzene rings is 2. The summed E-state index contributed by atoms with van der Waals surface area (Å²) in [7, 11) is 0. The second kappa shape index (κ2) is 14.8. The number of nitrogen functional groups attached to an aromatic ring is 1. The molecular weight excluding hydrogens is 618 g/mol. The summed E-state index contributed by atoms with van der Waals surface area (Å²) in [5, 5.41) is 4.92. The molecular formula is C35H43N5O8. The van der Waals surface area contributed by atoms with Gasteiger partial charge < -0.3 is 44.1 Å². The molecule has 2 fully saturated rings. The summed E-state index contributed by atoms with van der Waals surface area (Å²) in [4.78, 5) is 53.3. The fraction of sp³-hybridized carbons (Fsp3) is 0.429. The van der Waals surface area contributed by atoms with E-state index in [1.54, 1.807) is 30.0 Å². The molecule has 0 unspecified atom stereocenters. The van der Waals surface area contributed by atoms with Crippen molar-refractivity contribution in [2.24, 2.45) is 0 Å². The van der Waals surface area contributed by atoms with Gasteiger partial charge in [-0.05, 0) is 76.2 Å². The summed E-state index contributed by atoms with van der Waals surface area (Å²) in [6.07, 6.45) is -0.343. The molecule has 2 aliphatic heterocycles. The van der Waals surface area contributed by atoms with Gasteiger partial charge in [-0.15, -0.1) is 0 Å². The Kier molecular flexibility index (Phi) is 10.6. The maximum atomic E-state index is 12.1. The molecule has 0 spiro atoms. The van der Waals surface area contributed by atoms with Gasteiger partial charge in [0.2, 0.25) is 0 Å². The molecule has 2 aromatic carbocycles. The summed E-state index contributed by atoms with van der Waals surface area (Å²) >= 11 is 0. The van der Waals surface area contributed by atoms with Gasteiger partial charge in [0.15, 0.2) is 0 Å². The molecule has 2 saturated heterocycles. The quantitative estimate of drug-likeness (QED) is 0.236. The van der Waals surface area contributed by atoms with E-state index in [9.17, 15) is 19.2 Å². The number of piperazine rings is 2. The number of carbonyl (C=O) groups is 2. The average Bonchev–Trinajstić information content (AvgIpc) is 3.05. The lowest BCUT2D eigenvalue weighted by Gasteiger charge is -2.36. The van der Waals surface area contributed by atoms with Crippen molar-refractivity contribution in [3.63, 3.8) is 0 Å². The Labute approximate surface area is 278 Å². The third-order valence-corrected chi connectivity index (χ3v) is 7.95. The van der Waals surface area contributed by atoms with Crippen LogP contribution in [-0.2, 0) is 20.7 Å². The van der Waals surface area contributed by atoms with E-state index in [-0.39, 0.29) is 18.2 Å². The van der Waals surface area contributed by atoms with Crippen LogP contribution in [-0.4, -0.2) is 81.5 Å². The number of carbonyl (C=O) groups excluding carboxylic acids is 2. The Balaban J connectivity index is 0.000000188. The molecule has 13 heteroatoms. The van der Waals surface area contributed by atoms with Crippen molar-refractivity contribution in [2.75, 3.05) is 74.5 Å². The van der Waals surface area contributed by atoms with Gasteiger partial charge in [-0.25, -0.2) is 14.4 Å². The number of hydrogen-bond donors (Lipinski definition) is 2. The van der Waals surface area contributed by atoms with Crippen LogP contribution >= 0.6 is 0 Å². The summed E-state index contributed by atoms with van der Waals surface area (Å²) < 4.78 is 20.8. The van der Waals surface area contributed by atoms with Gasteiger partial charge in [-0.2, -0.15) is 0 Å². The molecule has 6 rings (SSSR count). The number of nitrogens with one attached hydrogen (secondary N) is 1. The minimum atomic E-state index is -0.522. The first-order chi connectivity index (χ1) is 22.9. The van der Waals surface area contributed by atoms with E-state index >= 15 is 0 Å². The molecule has 2 aromatic heterocycles. The fourth-order valence-corrected chi connectivity index (χ4v) is 5.56. The minimum absolute atomic E-state index is 0.0655. The monoisotopic (exact) mass is 661 g/mol. The third-order valence-electron chi connectivity index (χ3n) is 7.95. The van der Waals surface area contributed by atoms with Crippen LogP contribution in [0.4, 0.5) is 21.9 Å². The van der Waals surface area contributed by atoms with Gasteiger partial charge in [0.25, 0.3) is 0 Å². The molecule has 0 aliphatic carbocycles. The number of anilines is 3. The van der Waals surface area contributed by atoms with Crippen LogP contribution < -0.4 is 32.1 Å². The molecule has 13 nitrogen and oxygen atoms in total. The number of esters is 1. The minimum Gasteiger partial charge on any atom is -0.466 e. The highest BCUT2D eigenvalue weighted by molar-refractivity contribution is 5.84. The zero-order valence-electron chi connectivity index (χ0n) is 27.9. The first-order valence-electron chi connectivity index (χ1n) is 16.1. The topological polar surface area (TPSA) is 161 Å². The number of fused-ring (bicyclic) bond motifs is 2. The van der Waals surface area contributed by atoms with Gasteiger partial charge in [0, 0.05) is 80.1 Å². The number of ether oxygens (including phenoxy) is 2. The van der Waals surface area contributed by atoms with Gasteiger partial charge in [-0.1, -0.05) is 0 Å². The number of nitrogens with two attached hydrogens (primary N) is 1. The van der Waals surface area contributed by atoms with Crippen molar-refractivity contribution in [2.45, 2.75) is 39.7 Å². The normalized spacial score (nSPS) is 15.2. The molecule has 0 radical (unpaired) electrons. The largest absolute Gasteiger partial charge is 0.466 e. The van der Waals surface area contributed by atoms with Gasteiger partial charge in [-0.3, -0.25) is 4.79 Å². The molecule has 3 N–H and O–H groups in total. The highest BCUT2D eigenvalue weighted by Crippen LogP contribution is 2.25. The van der Waals surface area contributed by atoms with Gasteiger partial charge in [0.1, 0.15) is 22.5 Å². The number of nitrogens with zero attached hydrogens (tertiary/aromatic N) is 3. The van der Waals surface area contributed by atoms with Gasteiger partial charge >= 0.3 is 23.3 Å². The molecule has 0 saturated carbocycles. The van der Waals surface area contributed by atoms with E-state index in [0.717, 1.165) is 48.3 Å². The SMILES string of the molecule is CC(C)(C)OC(=O)N1CCN(c2ccc3oc(=O)c(N)cc3c2)CC1.CCOC(=O)Cc1cc2cc(N3CCNCC3)ccc2oc1=O. The van der Waals surface area contributed by atoms with Crippen molar-refractivity contribution in [3.8, 4) is 0 Å². The Morgan fingerprint density at radius 2 is 1.38 bits per heavy atom. The second-order valence-corrected chi connectivity index (χ2v) is 12.7. The maximum Gasteiger partial charge on any atom is 0.410 e. The van der Waals surface area contributed by atoms with Crippen molar-refractivity contribution in [1.82, 2.24) is 10.2 Å². The summed E-state index contributed by atoms with van der Waals surface area (Å²) in [6.45, 7) is 14.0. The Morgan fingerprint density at radius 3 is 1.96 bits per heavy atom. The van der Waals surface area contributed by atoms with Crippen LogP contribution in [0.5, 0.6) is 0 Å². The number of hydrogen-bond acceptors (Lipinski definition) is 12. The zero-order chi connectivity index (χ0) is 34.4. The smallest absolute Gasteiger partial charge is 0.410 e. The van der Waals surface area contributed by atoms with E-state index in [1.807, 2.05) is 51.1 Å². The first-order valence-corrected chi connectivity index (χ1v) is 16.1. The van der Waals surface area contributed by atoms with Crippen LogP contribution in [0.1, 0.15) is 33.3 Å². The molecule has 1 amide bonds. The first kappa shape index (κ1) is 34.3. The average molecular weight is 662 g/mol. The second-order valence-electron chi connectivity index (χ2n) is 12.7. The lowest BCUT2D eigenvalue weighted by Crippen LogP contribution is -2.50. The lowest BCUT2D eigenvalue weighted by molar-refractivity contribution is -0.142. The highest BCUT2D eigenvalue weighted by atomic mass is 16.6. The third kappa shape index (κ3) is 8.65. The number of rotatable bonds is 5. The van der Waals surface area contributed by atoms with Crippen LogP contribution in [0.25, 0.3) is 21.9 Å². The molecule has 4 aromatic rings. The predicted octanol–water partition coefficient (Wildman–Crippen LogP) is 3.74. The van der Waals surface area contributed by atoms with Crippen LogP contribution in [0.15, 0.2) is 67.0 Å². The highest BCUT2D eigenvalue weighted by Gasteiger charge is 2.26. The lowest BCUT2D eigenvalue weighted by atomic mass is 10.1. The fourth-order valence-electron chi connectivity index (χ4n) is 5.56. The van der Waals surface area contributed by atoms with E-state index < -0.39 is 22.8 Å². The molecule has 48 heavy (non-hydrogen) atoms. The van der Waals surface area contributed by atoms with E-state index in [0.29, 0.717) is 49.5 Å². The standard InChI is InChI=1S/C18H23N3O4.C17H20N2O4/c1-18(2,3)25-17(23)21-8-6-20(7-9-21)13-4-5-15-12(10-13)11-14(19)16(22)24-15;1-2-22-16(20)11-13-9-12-10-14(19-7-5-18-6-8-19)3-4-15(12)23-17(13)21/h4-5,10-11H,6-9,19H2,1-3H3;3-4,9-10,18H,2,5-8,11H2,1H3. The Hall–Kier alpha value is -5.04. The van der Waals surface area contributed by atoms with Gasteiger partial charge in [0.05, 0.1) is 13.0 Å². The molecule has 4 heterocycles. The van der Waals surface area contributed by atoms with E-state index in [4.69, 9.17) is 24.0 Å². The summed E-state index contributed by atoms with van der Waals surface area (Å²) in [5.41, 5.74) is 7.70. The molecule has 0 bridgehead atoms. The van der Waals surface area contributed by atoms with Crippen molar-refractivity contribution >= 4 is 51.1 Å². The van der Waals surface area contributed by atoms with Crippen LogP contribution in [0.3, 0.4) is 0 Å². The Morgan fingerprint density at radius 1 is 0.812 bits per heavy atom. The number of amides is 1. The van der Waals surface area contributed by atoms with Crippen molar-refractivity contribution < 1.29 is 27.9 Å². The zero-order valence-corrected chi connectivity index (χ0v) is 27.9. The van der Waals surface area contributed by atoms with E-state index in [2.05, 4.69) is 15.1 Å². The molecule has 256 valence electrons. The molecule has 2 aliphatic rings. The summed E-state index contributed by atoms with van der Waals surface area (Å²) in [6, 6.07) is 14.7. The maximum absolute atomic E-state index is 12.1. The predicted molar refractivity (Wildman–Crippen MR) is 185 cm³/mol.